The van der Waals surface area contributed by atoms with Gasteiger partial charge in [0.2, 0.25) is 0 Å². The Balaban J connectivity index is 2.01. The molecule has 0 aliphatic carbocycles. The molecule has 0 atom stereocenters. The predicted molar refractivity (Wildman–Crippen MR) is 79.8 cm³/mol. The molecule has 1 rings (SSSR count). The van der Waals surface area contributed by atoms with E-state index in [1.54, 1.807) is 7.11 Å². The number of benzene rings is 1. The molecular formula is C15H25NO4. The van der Waals surface area contributed by atoms with Crippen LogP contribution in [0.4, 0.5) is 5.69 Å². The van der Waals surface area contributed by atoms with Gasteiger partial charge in [-0.05, 0) is 24.3 Å². The second-order valence-electron chi connectivity index (χ2n) is 4.45. The summed E-state index contributed by atoms with van der Waals surface area (Å²) in [6.45, 7) is 3.48. The summed E-state index contributed by atoms with van der Waals surface area (Å²) in [6, 6.07) is 7.98. The molecule has 0 aliphatic rings. The molecule has 0 aliphatic heterocycles. The SMILES string of the molecule is COCCOCCOCCOc1ccc(N(C)C)cc1. The minimum atomic E-state index is 0.541. The first-order valence-electron chi connectivity index (χ1n) is 6.78. The molecule has 5 heteroatoms. The molecule has 0 N–H and O–H groups in total. The molecule has 5 nitrogen and oxygen atoms in total. The molecule has 20 heavy (non-hydrogen) atoms. The molecule has 0 unspecified atom stereocenters. The van der Waals surface area contributed by atoms with Crippen LogP contribution in [-0.4, -0.2) is 60.8 Å². The lowest BCUT2D eigenvalue weighted by atomic mass is 10.3. The molecule has 1 aromatic rings. The van der Waals surface area contributed by atoms with E-state index in [0.29, 0.717) is 39.6 Å². The number of nitrogens with zero attached hydrogens (tertiary/aromatic N) is 1. The third kappa shape index (κ3) is 7.33. The highest BCUT2D eigenvalue weighted by molar-refractivity contribution is 5.47. The third-order valence-electron chi connectivity index (χ3n) is 2.65. The Labute approximate surface area is 121 Å². The number of anilines is 1. The fourth-order valence-electron chi connectivity index (χ4n) is 1.52. The van der Waals surface area contributed by atoms with Crippen LogP contribution < -0.4 is 9.64 Å². The van der Waals surface area contributed by atoms with Gasteiger partial charge in [0, 0.05) is 26.9 Å². The van der Waals surface area contributed by atoms with Crippen LogP contribution in [0, 0.1) is 0 Å². The Kier molecular flexibility index (Phi) is 8.78. The average molecular weight is 283 g/mol. The Morgan fingerprint density at radius 2 is 1.35 bits per heavy atom. The third-order valence-corrected chi connectivity index (χ3v) is 2.65. The number of hydrogen-bond acceptors (Lipinski definition) is 5. The van der Waals surface area contributed by atoms with E-state index in [2.05, 4.69) is 4.90 Å². The standard InChI is InChI=1S/C15H25NO4/c1-16(2)14-4-6-15(7-5-14)20-13-12-19-11-10-18-9-8-17-3/h4-7H,8-13H2,1-3H3. The molecule has 0 bridgehead atoms. The lowest BCUT2D eigenvalue weighted by molar-refractivity contribution is 0.0180. The van der Waals surface area contributed by atoms with Gasteiger partial charge in [-0.25, -0.2) is 0 Å². The molecule has 0 saturated heterocycles. The maximum absolute atomic E-state index is 5.58. The predicted octanol–water partition coefficient (Wildman–Crippen LogP) is 1.81. The van der Waals surface area contributed by atoms with Crippen LogP contribution in [-0.2, 0) is 14.2 Å². The van der Waals surface area contributed by atoms with Gasteiger partial charge in [-0.2, -0.15) is 0 Å². The first kappa shape index (κ1) is 16.8. The van der Waals surface area contributed by atoms with Crippen molar-refractivity contribution in [2.75, 3.05) is 65.7 Å². The minimum Gasteiger partial charge on any atom is -0.491 e. The van der Waals surface area contributed by atoms with Crippen molar-refractivity contribution in [3.63, 3.8) is 0 Å². The zero-order valence-electron chi connectivity index (χ0n) is 12.6. The van der Waals surface area contributed by atoms with Gasteiger partial charge in [-0.15, -0.1) is 0 Å². The van der Waals surface area contributed by atoms with Gasteiger partial charge in [0.15, 0.2) is 0 Å². The smallest absolute Gasteiger partial charge is 0.119 e. The minimum absolute atomic E-state index is 0.541. The maximum Gasteiger partial charge on any atom is 0.119 e. The molecular weight excluding hydrogens is 258 g/mol. The maximum atomic E-state index is 5.58. The number of rotatable bonds is 11. The van der Waals surface area contributed by atoms with Crippen LogP contribution in [0.15, 0.2) is 24.3 Å². The Morgan fingerprint density at radius 3 is 1.90 bits per heavy atom. The van der Waals surface area contributed by atoms with Crippen LogP contribution in [0.1, 0.15) is 0 Å². The lowest BCUT2D eigenvalue weighted by Crippen LogP contribution is -2.12. The summed E-state index contributed by atoms with van der Waals surface area (Å²) in [6.07, 6.45) is 0. The van der Waals surface area contributed by atoms with E-state index in [4.69, 9.17) is 18.9 Å². The van der Waals surface area contributed by atoms with E-state index in [9.17, 15) is 0 Å². The van der Waals surface area contributed by atoms with Crippen molar-refractivity contribution in [1.29, 1.82) is 0 Å². The topological polar surface area (TPSA) is 40.2 Å². The van der Waals surface area contributed by atoms with Crippen LogP contribution in [0.25, 0.3) is 0 Å². The van der Waals surface area contributed by atoms with Crippen molar-refractivity contribution in [3.8, 4) is 5.75 Å². The largest absolute Gasteiger partial charge is 0.491 e. The zero-order valence-corrected chi connectivity index (χ0v) is 12.6. The van der Waals surface area contributed by atoms with E-state index < -0.39 is 0 Å². The van der Waals surface area contributed by atoms with Gasteiger partial charge in [0.25, 0.3) is 0 Å². The number of hydrogen-bond donors (Lipinski definition) is 0. The van der Waals surface area contributed by atoms with Crippen molar-refractivity contribution in [3.05, 3.63) is 24.3 Å². The average Bonchev–Trinajstić information content (AvgIpc) is 2.46. The molecule has 0 fully saturated rings. The van der Waals surface area contributed by atoms with E-state index in [1.165, 1.54) is 0 Å². The lowest BCUT2D eigenvalue weighted by Gasteiger charge is -2.13. The van der Waals surface area contributed by atoms with Gasteiger partial charge in [-0.1, -0.05) is 0 Å². The summed E-state index contributed by atoms with van der Waals surface area (Å²) < 4.78 is 21.1. The normalized spacial score (nSPS) is 10.6. The molecule has 0 aromatic heterocycles. The summed E-state index contributed by atoms with van der Waals surface area (Å²) in [5.74, 6) is 0.857. The van der Waals surface area contributed by atoms with Crippen LogP contribution in [0.5, 0.6) is 5.75 Å². The summed E-state index contributed by atoms with van der Waals surface area (Å²) in [5, 5.41) is 0. The first-order chi connectivity index (χ1) is 9.74. The molecule has 114 valence electrons. The number of ether oxygens (including phenoxy) is 4. The van der Waals surface area contributed by atoms with E-state index in [1.807, 2.05) is 38.4 Å². The van der Waals surface area contributed by atoms with Crippen LogP contribution in [0.3, 0.4) is 0 Å². The van der Waals surface area contributed by atoms with E-state index in [0.717, 1.165) is 11.4 Å². The van der Waals surface area contributed by atoms with Crippen LogP contribution >= 0.6 is 0 Å². The molecule has 0 spiro atoms. The second-order valence-corrected chi connectivity index (χ2v) is 4.45. The van der Waals surface area contributed by atoms with Gasteiger partial charge in [0.1, 0.15) is 12.4 Å². The van der Waals surface area contributed by atoms with Gasteiger partial charge in [0.05, 0.1) is 33.0 Å². The highest BCUT2D eigenvalue weighted by atomic mass is 16.6. The quantitative estimate of drug-likeness (QED) is 0.579. The fourth-order valence-corrected chi connectivity index (χ4v) is 1.52. The molecule has 0 radical (unpaired) electrons. The van der Waals surface area contributed by atoms with Crippen molar-refractivity contribution < 1.29 is 18.9 Å². The first-order valence-corrected chi connectivity index (χ1v) is 6.78. The van der Waals surface area contributed by atoms with Crippen LogP contribution in [0.2, 0.25) is 0 Å². The molecule has 0 amide bonds. The monoisotopic (exact) mass is 283 g/mol. The summed E-state index contributed by atoms with van der Waals surface area (Å²) in [7, 11) is 5.68. The molecule has 0 saturated carbocycles. The van der Waals surface area contributed by atoms with Crippen molar-refractivity contribution in [2.45, 2.75) is 0 Å². The highest BCUT2D eigenvalue weighted by Crippen LogP contribution is 2.17. The summed E-state index contributed by atoms with van der Waals surface area (Å²) >= 11 is 0. The Morgan fingerprint density at radius 1 is 0.800 bits per heavy atom. The highest BCUT2D eigenvalue weighted by Gasteiger charge is 1.97. The Bertz CT molecular complexity index is 340. The second kappa shape index (κ2) is 10.5. The van der Waals surface area contributed by atoms with Gasteiger partial charge in [-0.3, -0.25) is 0 Å². The van der Waals surface area contributed by atoms with Crippen molar-refractivity contribution in [2.24, 2.45) is 0 Å². The van der Waals surface area contributed by atoms with E-state index >= 15 is 0 Å². The van der Waals surface area contributed by atoms with Crippen molar-refractivity contribution >= 4 is 5.69 Å². The van der Waals surface area contributed by atoms with Gasteiger partial charge >= 0.3 is 0 Å². The zero-order chi connectivity index (χ0) is 14.6. The van der Waals surface area contributed by atoms with Gasteiger partial charge < -0.3 is 23.8 Å². The number of methoxy groups -OCH3 is 1. The molecule has 0 heterocycles. The summed E-state index contributed by atoms with van der Waals surface area (Å²) in [4.78, 5) is 2.05. The van der Waals surface area contributed by atoms with E-state index in [-0.39, 0.29) is 0 Å². The van der Waals surface area contributed by atoms with Crippen molar-refractivity contribution in [1.82, 2.24) is 0 Å². The Hall–Kier alpha value is -1.30. The summed E-state index contributed by atoms with van der Waals surface area (Å²) in [5.41, 5.74) is 1.15. The molecule has 1 aromatic carbocycles. The fraction of sp³-hybridized carbons (Fsp3) is 0.600.